The molecule has 1 saturated heterocycles. The van der Waals surface area contributed by atoms with Crippen molar-refractivity contribution in [3.05, 3.63) is 24.0 Å². The van der Waals surface area contributed by atoms with Gasteiger partial charge >= 0.3 is 12.1 Å². The van der Waals surface area contributed by atoms with Crippen LogP contribution in [-0.4, -0.2) is 46.8 Å². The number of ether oxygens (including phenoxy) is 3. The number of allylic oxidation sites excluding steroid dienone is 2. The minimum Gasteiger partial charge on any atom is -0.495 e. The molecule has 31 heavy (non-hydrogen) atoms. The average molecular weight is 439 g/mol. The Hall–Kier alpha value is -2.02. The largest absolute Gasteiger partial charge is 0.509 e. The third kappa shape index (κ3) is 8.56. The Morgan fingerprint density at radius 3 is 2.68 bits per heavy atom. The predicted molar refractivity (Wildman–Crippen MR) is 116 cm³/mol. The van der Waals surface area contributed by atoms with E-state index in [0.29, 0.717) is 19.3 Å². The minimum atomic E-state index is -0.788. The number of hydrogen-bond donors (Lipinski definition) is 2. The van der Waals surface area contributed by atoms with E-state index < -0.39 is 18.2 Å². The molecule has 1 heterocycles. The molecule has 0 unspecified atom stereocenters. The summed E-state index contributed by atoms with van der Waals surface area (Å²) < 4.78 is 16.6. The van der Waals surface area contributed by atoms with Crippen LogP contribution < -0.4 is 0 Å². The number of aliphatic hydroxyl groups excluding tert-OH is 1. The molecule has 7 nitrogen and oxygen atoms in total. The topological polar surface area (TPSA) is 102 Å². The highest BCUT2D eigenvalue weighted by Crippen LogP contribution is 2.45. The van der Waals surface area contributed by atoms with E-state index in [2.05, 4.69) is 6.92 Å². The van der Waals surface area contributed by atoms with Crippen molar-refractivity contribution < 1.29 is 34.0 Å². The Balaban J connectivity index is 1.95. The van der Waals surface area contributed by atoms with Crippen LogP contribution in [0.5, 0.6) is 0 Å². The van der Waals surface area contributed by atoms with Gasteiger partial charge in [0.05, 0.1) is 18.0 Å². The van der Waals surface area contributed by atoms with Gasteiger partial charge in [0.15, 0.2) is 0 Å². The summed E-state index contributed by atoms with van der Waals surface area (Å²) in [5.41, 5.74) is 0. The SMILES string of the molecule is CCCCC[C@@H](/C=C/[C@@H]1[C@H]2C/C(=C/CCCC(=O)O)O[C@H]2C[C@H]1O)OC(=O)OC(C)C. The molecule has 176 valence electrons. The van der Waals surface area contributed by atoms with Crippen molar-refractivity contribution >= 4 is 12.1 Å². The van der Waals surface area contributed by atoms with Crippen molar-refractivity contribution in [2.24, 2.45) is 11.8 Å². The number of carboxylic acid groups (broad SMARTS) is 1. The highest BCUT2D eigenvalue weighted by molar-refractivity contribution is 5.66. The number of unbranched alkanes of at least 4 members (excludes halogenated alkanes) is 3. The van der Waals surface area contributed by atoms with E-state index in [4.69, 9.17) is 19.3 Å². The summed E-state index contributed by atoms with van der Waals surface area (Å²) in [7, 11) is 0. The maximum Gasteiger partial charge on any atom is 0.509 e. The van der Waals surface area contributed by atoms with E-state index in [1.54, 1.807) is 13.8 Å². The van der Waals surface area contributed by atoms with Crippen molar-refractivity contribution in [2.45, 2.75) is 103 Å². The van der Waals surface area contributed by atoms with Gasteiger partial charge in [-0.1, -0.05) is 25.8 Å². The number of rotatable bonds is 12. The second-order valence-corrected chi connectivity index (χ2v) is 8.81. The Morgan fingerprint density at radius 2 is 2.00 bits per heavy atom. The van der Waals surface area contributed by atoms with Crippen LogP contribution in [0.25, 0.3) is 0 Å². The zero-order valence-corrected chi connectivity index (χ0v) is 19.0. The predicted octanol–water partition coefficient (Wildman–Crippen LogP) is 4.98. The molecule has 0 aromatic heterocycles. The van der Waals surface area contributed by atoms with E-state index in [9.17, 15) is 14.7 Å². The molecule has 7 heteroatoms. The van der Waals surface area contributed by atoms with Crippen LogP contribution >= 0.6 is 0 Å². The van der Waals surface area contributed by atoms with Crippen molar-refractivity contribution in [1.29, 1.82) is 0 Å². The lowest BCUT2D eigenvalue weighted by molar-refractivity contribution is -0.137. The molecule has 2 rings (SSSR count). The number of hydrogen-bond acceptors (Lipinski definition) is 6. The van der Waals surface area contributed by atoms with E-state index in [1.807, 2.05) is 18.2 Å². The first-order valence-electron chi connectivity index (χ1n) is 11.6. The Morgan fingerprint density at radius 1 is 1.23 bits per heavy atom. The fourth-order valence-corrected chi connectivity index (χ4v) is 4.29. The van der Waals surface area contributed by atoms with Crippen LogP contribution in [0.4, 0.5) is 4.79 Å². The smallest absolute Gasteiger partial charge is 0.495 e. The first kappa shape index (κ1) is 25.2. The summed E-state index contributed by atoms with van der Waals surface area (Å²) in [4.78, 5) is 22.6. The minimum absolute atomic E-state index is 0.0271. The van der Waals surface area contributed by atoms with Gasteiger partial charge < -0.3 is 24.4 Å². The van der Waals surface area contributed by atoms with Crippen LogP contribution in [0.15, 0.2) is 24.0 Å². The first-order chi connectivity index (χ1) is 14.8. The Kier molecular flexibility index (Phi) is 10.4. The summed E-state index contributed by atoms with van der Waals surface area (Å²) in [6.45, 7) is 5.69. The molecule has 1 aliphatic carbocycles. The number of aliphatic hydroxyl groups is 1. The second kappa shape index (κ2) is 12.7. The number of carbonyl (C=O) groups is 2. The first-order valence-corrected chi connectivity index (χ1v) is 11.6. The summed E-state index contributed by atoms with van der Waals surface area (Å²) in [6.07, 6.45) is 10.6. The highest BCUT2D eigenvalue weighted by Gasteiger charge is 2.47. The lowest BCUT2D eigenvalue weighted by atomic mass is 9.90. The molecule has 0 spiro atoms. The molecule has 0 aromatic rings. The van der Waals surface area contributed by atoms with Gasteiger partial charge in [0, 0.05) is 31.1 Å². The molecular formula is C24H38O7. The molecule has 2 fully saturated rings. The molecule has 0 aromatic carbocycles. The van der Waals surface area contributed by atoms with Gasteiger partial charge in [0.1, 0.15) is 12.2 Å². The summed E-state index contributed by atoms with van der Waals surface area (Å²) in [6, 6.07) is 0. The number of aliphatic carboxylic acids is 1. The fourth-order valence-electron chi connectivity index (χ4n) is 4.29. The molecular weight excluding hydrogens is 400 g/mol. The van der Waals surface area contributed by atoms with Crippen LogP contribution in [0, 0.1) is 11.8 Å². The number of carbonyl (C=O) groups excluding carboxylic acids is 1. The van der Waals surface area contributed by atoms with Crippen molar-refractivity contribution in [3.63, 3.8) is 0 Å². The van der Waals surface area contributed by atoms with E-state index in [-0.39, 0.29) is 36.6 Å². The second-order valence-electron chi connectivity index (χ2n) is 8.81. The van der Waals surface area contributed by atoms with Crippen molar-refractivity contribution in [1.82, 2.24) is 0 Å². The molecule has 0 amide bonds. The molecule has 2 aliphatic rings. The maximum absolute atomic E-state index is 12.0. The Labute approximate surface area is 185 Å². The van der Waals surface area contributed by atoms with Gasteiger partial charge in [-0.2, -0.15) is 0 Å². The summed E-state index contributed by atoms with van der Waals surface area (Å²) in [5.74, 6) is 0.218. The molecule has 1 aliphatic heterocycles. The van der Waals surface area contributed by atoms with Gasteiger partial charge in [-0.05, 0) is 51.7 Å². The van der Waals surface area contributed by atoms with Crippen LogP contribution in [0.3, 0.4) is 0 Å². The van der Waals surface area contributed by atoms with Crippen LogP contribution in [-0.2, 0) is 19.0 Å². The average Bonchev–Trinajstić information content (AvgIpc) is 3.19. The summed E-state index contributed by atoms with van der Waals surface area (Å²) >= 11 is 0. The van der Waals surface area contributed by atoms with Crippen molar-refractivity contribution in [2.75, 3.05) is 0 Å². The maximum atomic E-state index is 12.0. The standard InChI is InChI=1S/C24H38O7/c1-4-5-6-9-17(31-24(28)29-16(2)3)12-13-19-20-14-18(10-7-8-11-23(26)27)30-22(20)15-21(19)25/h10,12-13,16-17,19-22,25H,4-9,11,14-15H2,1-3H3,(H,26,27)/b13-12+,18-10-/t17-,19+,20+,21+,22-/m0/s1. The van der Waals surface area contributed by atoms with Gasteiger partial charge in [-0.15, -0.1) is 0 Å². The van der Waals surface area contributed by atoms with Crippen LogP contribution in [0.1, 0.15) is 78.6 Å². The molecule has 1 saturated carbocycles. The third-order valence-electron chi connectivity index (χ3n) is 5.82. The van der Waals surface area contributed by atoms with Gasteiger partial charge in [-0.3, -0.25) is 4.79 Å². The zero-order valence-electron chi connectivity index (χ0n) is 19.0. The zero-order chi connectivity index (χ0) is 22.8. The van der Waals surface area contributed by atoms with E-state index >= 15 is 0 Å². The van der Waals surface area contributed by atoms with Crippen LogP contribution in [0.2, 0.25) is 0 Å². The molecule has 0 bridgehead atoms. The molecule has 0 radical (unpaired) electrons. The fraction of sp³-hybridized carbons (Fsp3) is 0.750. The van der Waals surface area contributed by atoms with E-state index in [1.165, 1.54) is 0 Å². The summed E-state index contributed by atoms with van der Waals surface area (Å²) in [5, 5.41) is 19.3. The van der Waals surface area contributed by atoms with Gasteiger partial charge in [0.2, 0.25) is 0 Å². The lowest BCUT2D eigenvalue weighted by Crippen LogP contribution is -2.22. The van der Waals surface area contributed by atoms with Gasteiger partial charge in [0.25, 0.3) is 0 Å². The van der Waals surface area contributed by atoms with Gasteiger partial charge in [-0.25, -0.2) is 4.79 Å². The number of fused-ring (bicyclic) bond motifs is 1. The highest BCUT2D eigenvalue weighted by atomic mass is 16.7. The van der Waals surface area contributed by atoms with Crippen molar-refractivity contribution in [3.8, 4) is 0 Å². The third-order valence-corrected chi connectivity index (χ3v) is 5.82. The molecule has 2 N–H and O–H groups in total. The lowest BCUT2D eigenvalue weighted by Gasteiger charge is -2.18. The normalized spacial score (nSPS) is 27.5. The number of carboxylic acids is 1. The monoisotopic (exact) mass is 438 g/mol. The quantitative estimate of drug-likeness (QED) is 0.252. The molecule has 5 atom stereocenters. The van der Waals surface area contributed by atoms with E-state index in [0.717, 1.165) is 37.9 Å². The Bertz CT molecular complexity index is 640.